The van der Waals surface area contributed by atoms with Gasteiger partial charge < -0.3 is 5.32 Å². The monoisotopic (exact) mass is 273 g/mol. The number of amides is 1. The molecule has 2 aromatic rings. The van der Waals surface area contributed by atoms with E-state index in [2.05, 4.69) is 5.32 Å². The van der Waals surface area contributed by atoms with Crippen molar-refractivity contribution >= 4 is 12.0 Å². The fourth-order valence-corrected chi connectivity index (χ4v) is 1.67. The van der Waals surface area contributed by atoms with Crippen LogP contribution in [-0.2, 0) is 11.3 Å². The van der Waals surface area contributed by atoms with E-state index in [0.717, 1.165) is 0 Å². The average molecular weight is 273 g/mol. The summed E-state index contributed by atoms with van der Waals surface area (Å²) in [5.74, 6) is -1.08. The van der Waals surface area contributed by atoms with E-state index in [1.807, 2.05) is 0 Å². The van der Waals surface area contributed by atoms with E-state index in [4.69, 9.17) is 0 Å². The molecule has 2 rings (SSSR count). The Morgan fingerprint density at radius 1 is 1.10 bits per heavy atom. The molecular formula is C16H13F2NO. The van der Waals surface area contributed by atoms with Crippen LogP contribution in [0.15, 0.2) is 54.6 Å². The zero-order chi connectivity index (χ0) is 14.4. The Hall–Kier alpha value is -2.49. The summed E-state index contributed by atoms with van der Waals surface area (Å²) in [5.41, 5.74) is 1.01. The lowest BCUT2D eigenvalue weighted by Gasteiger charge is -2.03. The number of nitrogens with one attached hydrogen (secondary N) is 1. The summed E-state index contributed by atoms with van der Waals surface area (Å²) in [7, 11) is 0. The molecule has 0 heterocycles. The predicted molar refractivity (Wildman–Crippen MR) is 73.7 cm³/mol. The lowest BCUT2D eigenvalue weighted by atomic mass is 10.2. The zero-order valence-corrected chi connectivity index (χ0v) is 10.6. The minimum Gasteiger partial charge on any atom is -0.348 e. The Bertz CT molecular complexity index is 638. The van der Waals surface area contributed by atoms with Gasteiger partial charge in [0.15, 0.2) is 0 Å². The van der Waals surface area contributed by atoms with Crippen molar-refractivity contribution in [2.24, 2.45) is 0 Å². The third-order valence-electron chi connectivity index (χ3n) is 2.69. The van der Waals surface area contributed by atoms with Crippen molar-refractivity contribution in [2.75, 3.05) is 0 Å². The Balaban J connectivity index is 1.91. The average Bonchev–Trinajstić information content (AvgIpc) is 2.44. The van der Waals surface area contributed by atoms with Crippen molar-refractivity contribution in [1.82, 2.24) is 5.32 Å². The maximum Gasteiger partial charge on any atom is 0.244 e. The van der Waals surface area contributed by atoms with Crippen LogP contribution < -0.4 is 5.32 Å². The number of carbonyl (C=O) groups excluding carboxylic acids is 1. The minimum absolute atomic E-state index is 0.110. The largest absolute Gasteiger partial charge is 0.348 e. The summed E-state index contributed by atoms with van der Waals surface area (Å²) >= 11 is 0. The van der Waals surface area contributed by atoms with Gasteiger partial charge in [-0.1, -0.05) is 30.3 Å². The Labute approximate surface area is 115 Å². The molecule has 1 amide bonds. The standard InChI is InChI=1S/C16H13F2NO/c17-14-6-3-4-12(10-14)8-9-16(20)19-11-13-5-1-2-7-15(13)18/h1-10H,11H2,(H,19,20). The maximum atomic E-state index is 13.3. The number of hydrogen-bond donors (Lipinski definition) is 1. The number of rotatable bonds is 4. The highest BCUT2D eigenvalue weighted by molar-refractivity contribution is 5.91. The summed E-state index contributed by atoms with van der Waals surface area (Å²) < 4.78 is 26.3. The SMILES string of the molecule is O=C(C=Cc1cccc(F)c1)NCc1ccccc1F. The maximum absolute atomic E-state index is 13.3. The molecule has 0 unspecified atom stereocenters. The Kier molecular flexibility index (Phi) is 4.60. The van der Waals surface area contributed by atoms with E-state index in [1.54, 1.807) is 30.3 Å². The van der Waals surface area contributed by atoms with Gasteiger partial charge >= 0.3 is 0 Å². The molecule has 0 fully saturated rings. The van der Waals surface area contributed by atoms with Gasteiger partial charge in [0.2, 0.25) is 5.91 Å². The van der Waals surface area contributed by atoms with Gasteiger partial charge in [-0.3, -0.25) is 4.79 Å². The van der Waals surface area contributed by atoms with E-state index >= 15 is 0 Å². The van der Waals surface area contributed by atoms with Crippen LogP contribution in [0.1, 0.15) is 11.1 Å². The molecule has 0 aromatic heterocycles. The second-order valence-corrected chi connectivity index (χ2v) is 4.20. The first kappa shape index (κ1) is 13.9. The van der Waals surface area contributed by atoms with E-state index in [0.29, 0.717) is 11.1 Å². The normalized spacial score (nSPS) is 10.7. The molecule has 0 spiro atoms. The van der Waals surface area contributed by atoms with Gasteiger partial charge in [0, 0.05) is 18.2 Å². The molecule has 0 saturated carbocycles. The summed E-state index contributed by atoms with van der Waals surface area (Å²) in [5, 5.41) is 2.57. The van der Waals surface area contributed by atoms with Crippen LogP contribution >= 0.6 is 0 Å². The topological polar surface area (TPSA) is 29.1 Å². The molecule has 0 atom stereocenters. The first-order valence-corrected chi connectivity index (χ1v) is 6.10. The molecule has 2 nitrogen and oxygen atoms in total. The smallest absolute Gasteiger partial charge is 0.244 e. The molecular weight excluding hydrogens is 260 g/mol. The van der Waals surface area contributed by atoms with Gasteiger partial charge in [-0.15, -0.1) is 0 Å². The van der Waals surface area contributed by atoms with Crippen molar-refractivity contribution in [3.63, 3.8) is 0 Å². The number of hydrogen-bond acceptors (Lipinski definition) is 1. The van der Waals surface area contributed by atoms with Gasteiger partial charge in [0.1, 0.15) is 11.6 Å². The van der Waals surface area contributed by atoms with Crippen molar-refractivity contribution in [2.45, 2.75) is 6.54 Å². The molecule has 0 aliphatic carbocycles. The van der Waals surface area contributed by atoms with E-state index < -0.39 is 0 Å². The Morgan fingerprint density at radius 3 is 2.65 bits per heavy atom. The zero-order valence-electron chi connectivity index (χ0n) is 10.6. The van der Waals surface area contributed by atoms with Gasteiger partial charge in [0.05, 0.1) is 0 Å². The molecule has 1 N–H and O–H groups in total. The van der Waals surface area contributed by atoms with E-state index in [-0.39, 0.29) is 24.1 Å². The quantitative estimate of drug-likeness (QED) is 0.851. The van der Waals surface area contributed by atoms with Crippen LogP contribution in [0.25, 0.3) is 6.08 Å². The molecule has 20 heavy (non-hydrogen) atoms. The lowest BCUT2D eigenvalue weighted by molar-refractivity contribution is -0.116. The highest BCUT2D eigenvalue weighted by Crippen LogP contribution is 2.06. The number of carbonyl (C=O) groups is 1. The van der Waals surface area contributed by atoms with Gasteiger partial charge in [0.25, 0.3) is 0 Å². The van der Waals surface area contributed by atoms with Crippen LogP contribution in [0.4, 0.5) is 8.78 Å². The van der Waals surface area contributed by atoms with Crippen LogP contribution in [0.2, 0.25) is 0 Å². The molecule has 0 saturated heterocycles. The second kappa shape index (κ2) is 6.61. The fourth-order valence-electron chi connectivity index (χ4n) is 1.67. The van der Waals surface area contributed by atoms with Gasteiger partial charge in [-0.05, 0) is 29.8 Å². The van der Waals surface area contributed by atoms with Crippen LogP contribution in [0.3, 0.4) is 0 Å². The molecule has 0 bridgehead atoms. The van der Waals surface area contributed by atoms with Crippen molar-refractivity contribution < 1.29 is 13.6 Å². The predicted octanol–water partition coefficient (Wildman–Crippen LogP) is 3.29. The Morgan fingerprint density at radius 2 is 1.90 bits per heavy atom. The van der Waals surface area contributed by atoms with Crippen molar-refractivity contribution in [3.8, 4) is 0 Å². The highest BCUT2D eigenvalue weighted by Gasteiger charge is 2.01. The van der Waals surface area contributed by atoms with Crippen LogP contribution in [-0.4, -0.2) is 5.91 Å². The molecule has 102 valence electrons. The van der Waals surface area contributed by atoms with E-state index in [9.17, 15) is 13.6 Å². The summed E-state index contributed by atoms with van der Waals surface area (Å²) in [6, 6.07) is 12.1. The minimum atomic E-state index is -0.363. The van der Waals surface area contributed by atoms with Crippen LogP contribution in [0.5, 0.6) is 0 Å². The number of benzene rings is 2. The first-order chi connectivity index (χ1) is 9.65. The lowest BCUT2D eigenvalue weighted by Crippen LogP contribution is -2.20. The summed E-state index contributed by atoms with van der Waals surface area (Å²) in [6.45, 7) is 0.110. The third kappa shape index (κ3) is 4.02. The summed E-state index contributed by atoms with van der Waals surface area (Å²) in [4.78, 5) is 11.6. The highest BCUT2D eigenvalue weighted by atomic mass is 19.1. The summed E-state index contributed by atoms with van der Waals surface area (Å²) in [6.07, 6.45) is 2.79. The van der Waals surface area contributed by atoms with Gasteiger partial charge in [-0.2, -0.15) is 0 Å². The molecule has 0 aliphatic rings. The molecule has 0 aliphatic heterocycles. The van der Waals surface area contributed by atoms with E-state index in [1.165, 1.54) is 30.4 Å². The molecule has 2 aromatic carbocycles. The molecule has 0 radical (unpaired) electrons. The molecule has 4 heteroatoms. The third-order valence-corrected chi connectivity index (χ3v) is 2.69. The fraction of sp³-hybridized carbons (Fsp3) is 0.0625. The first-order valence-electron chi connectivity index (χ1n) is 6.10. The number of halogens is 2. The van der Waals surface area contributed by atoms with Gasteiger partial charge in [-0.25, -0.2) is 8.78 Å². The second-order valence-electron chi connectivity index (χ2n) is 4.20. The van der Waals surface area contributed by atoms with Crippen LogP contribution in [0, 0.1) is 11.6 Å². The van der Waals surface area contributed by atoms with Crippen molar-refractivity contribution in [3.05, 3.63) is 77.4 Å². The van der Waals surface area contributed by atoms with Crippen molar-refractivity contribution in [1.29, 1.82) is 0 Å².